The van der Waals surface area contributed by atoms with E-state index in [-0.39, 0.29) is 29.3 Å². The van der Waals surface area contributed by atoms with Crippen LogP contribution in [0, 0.1) is 0 Å². The zero-order valence-electron chi connectivity index (χ0n) is 19.7. The van der Waals surface area contributed by atoms with Gasteiger partial charge in [0, 0.05) is 46.6 Å². The first-order valence-corrected chi connectivity index (χ1v) is 13.4. The number of hydrogen-bond acceptors (Lipinski definition) is 7. The SMILES string of the molecule is CN(C)S(=O)(=O)c1ccc2c(c1)N(CC(=O)N1CCC3(CC1)OCCO3)C(=O)[C@H]1CCCCN21. The van der Waals surface area contributed by atoms with Crippen molar-refractivity contribution in [1.82, 2.24) is 9.21 Å². The van der Waals surface area contributed by atoms with Gasteiger partial charge >= 0.3 is 0 Å². The van der Waals surface area contributed by atoms with E-state index in [9.17, 15) is 18.0 Å². The minimum atomic E-state index is -3.69. The van der Waals surface area contributed by atoms with E-state index < -0.39 is 15.8 Å². The summed E-state index contributed by atoms with van der Waals surface area (Å²) in [4.78, 5) is 32.2. The zero-order chi connectivity index (χ0) is 24.1. The van der Waals surface area contributed by atoms with Crippen LogP contribution in [0.25, 0.3) is 0 Å². The fourth-order valence-corrected chi connectivity index (χ4v) is 6.31. The highest BCUT2D eigenvalue weighted by atomic mass is 32.2. The van der Waals surface area contributed by atoms with Crippen molar-refractivity contribution >= 4 is 33.2 Å². The summed E-state index contributed by atoms with van der Waals surface area (Å²) in [6.45, 7) is 2.76. The molecule has 0 aliphatic carbocycles. The molecule has 4 aliphatic heterocycles. The normalized spacial score (nSPS) is 24.5. The van der Waals surface area contributed by atoms with Crippen LogP contribution in [-0.2, 0) is 29.1 Å². The minimum absolute atomic E-state index is 0.104. The summed E-state index contributed by atoms with van der Waals surface area (Å²) < 4.78 is 38.2. The van der Waals surface area contributed by atoms with Gasteiger partial charge in [0.1, 0.15) is 12.6 Å². The molecule has 0 saturated carbocycles. The van der Waals surface area contributed by atoms with E-state index >= 15 is 0 Å². The molecule has 0 bridgehead atoms. The Balaban J connectivity index is 1.43. The van der Waals surface area contributed by atoms with Crippen LogP contribution < -0.4 is 9.80 Å². The van der Waals surface area contributed by atoms with Gasteiger partial charge in [-0.25, -0.2) is 12.7 Å². The lowest BCUT2D eigenvalue weighted by Gasteiger charge is -2.46. The number of fused-ring (bicyclic) bond motifs is 3. The maximum atomic E-state index is 13.6. The highest BCUT2D eigenvalue weighted by Crippen LogP contribution is 2.41. The Kier molecular flexibility index (Phi) is 6.07. The van der Waals surface area contributed by atoms with Crippen LogP contribution in [0.5, 0.6) is 0 Å². The highest BCUT2D eigenvalue weighted by Gasteiger charge is 2.43. The molecule has 0 unspecified atom stereocenters. The molecule has 0 N–H and O–H groups in total. The summed E-state index contributed by atoms with van der Waals surface area (Å²) in [6.07, 6.45) is 3.85. The molecule has 4 heterocycles. The van der Waals surface area contributed by atoms with Crippen molar-refractivity contribution in [3.63, 3.8) is 0 Å². The Morgan fingerprint density at radius 3 is 2.47 bits per heavy atom. The second-order valence-corrected chi connectivity index (χ2v) is 11.7. The van der Waals surface area contributed by atoms with Gasteiger partial charge < -0.3 is 19.3 Å². The molecule has 1 spiro atoms. The number of anilines is 2. The monoisotopic (exact) mass is 492 g/mol. The lowest BCUT2D eigenvalue weighted by atomic mass is 9.96. The van der Waals surface area contributed by atoms with Crippen molar-refractivity contribution in [2.24, 2.45) is 0 Å². The van der Waals surface area contributed by atoms with Crippen LogP contribution in [0.15, 0.2) is 23.1 Å². The number of amides is 2. The van der Waals surface area contributed by atoms with E-state index in [1.165, 1.54) is 25.1 Å². The maximum absolute atomic E-state index is 13.6. The number of carbonyl (C=O) groups excluding carboxylic acids is 2. The summed E-state index contributed by atoms with van der Waals surface area (Å²) in [5, 5.41) is 0. The molecule has 1 aromatic rings. The van der Waals surface area contributed by atoms with Crippen molar-refractivity contribution in [1.29, 1.82) is 0 Å². The third-order valence-electron chi connectivity index (χ3n) is 7.36. The Morgan fingerprint density at radius 2 is 1.79 bits per heavy atom. The van der Waals surface area contributed by atoms with Gasteiger partial charge in [0.15, 0.2) is 5.79 Å². The molecule has 10 nitrogen and oxygen atoms in total. The summed E-state index contributed by atoms with van der Waals surface area (Å²) in [6, 6.07) is 4.57. The molecular formula is C23H32N4O6S. The van der Waals surface area contributed by atoms with E-state index in [0.29, 0.717) is 44.8 Å². The van der Waals surface area contributed by atoms with E-state index in [2.05, 4.69) is 4.90 Å². The van der Waals surface area contributed by atoms with E-state index in [0.717, 1.165) is 35.8 Å². The Labute approximate surface area is 200 Å². The van der Waals surface area contributed by atoms with Crippen LogP contribution in [0.4, 0.5) is 11.4 Å². The number of benzene rings is 1. The van der Waals surface area contributed by atoms with Crippen molar-refractivity contribution in [2.75, 3.05) is 63.3 Å². The lowest BCUT2D eigenvalue weighted by molar-refractivity contribution is -0.187. The Morgan fingerprint density at radius 1 is 1.09 bits per heavy atom. The summed E-state index contributed by atoms with van der Waals surface area (Å²) in [5.41, 5.74) is 1.29. The molecule has 1 aromatic carbocycles. The Bertz CT molecular complexity index is 1070. The summed E-state index contributed by atoms with van der Waals surface area (Å²) >= 11 is 0. The van der Waals surface area contributed by atoms with Crippen molar-refractivity contribution in [2.45, 2.75) is 48.8 Å². The number of nitrogens with zero attached hydrogens (tertiary/aromatic N) is 4. The minimum Gasteiger partial charge on any atom is -0.358 e. The fraction of sp³-hybridized carbons (Fsp3) is 0.652. The van der Waals surface area contributed by atoms with Crippen molar-refractivity contribution in [3.8, 4) is 0 Å². The smallest absolute Gasteiger partial charge is 0.250 e. The predicted molar refractivity (Wildman–Crippen MR) is 125 cm³/mol. The number of rotatable bonds is 4. The maximum Gasteiger partial charge on any atom is 0.250 e. The predicted octanol–water partition coefficient (Wildman–Crippen LogP) is 1.01. The third kappa shape index (κ3) is 3.98. The van der Waals surface area contributed by atoms with Gasteiger partial charge in [0.05, 0.1) is 29.5 Å². The molecule has 34 heavy (non-hydrogen) atoms. The van der Waals surface area contributed by atoms with Gasteiger partial charge in [-0.05, 0) is 37.5 Å². The van der Waals surface area contributed by atoms with Gasteiger partial charge in [-0.3, -0.25) is 14.5 Å². The van der Waals surface area contributed by atoms with Crippen LogP contribution in [-0.4, -0.2) is 94.8 Å². The zero-order valence-corrected chi connectivity index (χ0v) is 20.6. The molecule has 2 amide bonds. The van der Waals surface area contributed by atoms with Crippen LogP contribution in [0.2, 0.25) is 0 Å². The van der Waals surface area contributed by atoms with Crippen LogP contribution in [0.3, 0.4) is 0 Å². The number of ether oxygens (including phenoxy) is 2. The molecule has 0 aromatic heterocycles. The highest BCUT2D eigenvalue weighted by molar-refractivity contribution is 7.89. The van der Waals surface area contributed by atoms with Crippen LogP contribution in [0.1, 0.15) is 32.1 Å². The molecule has 0 radical (unpaired) electrons. The molecule has 4 aliphatic rings. The first kappa shape index (κ1) is 23.5. The summed E-state index contributed by atoms with van der Waals surface area (Å²) in [7, 11) is -0.739. The topological polar surface area (TPSA) is 99.7 Å². The number of carbonyl (C=O) groups is 2. The quantitative estimate of drug-likeness (QED) is 0.618. The Hall–Kier alpha value is -2.21. The first-order valence-electron chi connectivity index (χ1n) is 11.9. The molecule has 1 atom stereocenters. The molecular weight excluding hydrogens is 460 g/mol. The van der Waals surface area contributed by atoms with Gasteiger partial charge in [-0.15, -0.1) is 0 Å². The molecule has 11 heteroatoms. The number of likely N-dealkylation sites (tertiary alicyclic amines) is 1. The van der Waals surface area contributed by atoms with E-state index in [1.54, 1.807) is 17.0 Å². The second kappa shape index (κ2) is 8.78. The fourth-order valence-electron chi connectivity index (χ4n) is 5.39. The third-order valence-corrected chi connectivity index (χ3v) is 9.18. The first-order chi connectivity index (χ1) is 16.2. The van der Waals surface area contributed by atoms with Crippen molar-refractivity contribution < 1.29 is 27.5 Å². The molecule has 186 valence electrons. The molecule has 3 saturated heterocycles. The van der Waals surface area contributed by atoms with Gasteiger partial charge in [0.25, 0.3) is 0 Å². The largest absolute Gasteiger partial charge is 0.358 e. The van der Waals surface area contributed by atoms with Gasteiger partial charge in [-0.1, -0.05) is 0 Å². The number of piperidine rings is 2. The van der Waals surface area contributed by atoms with E-state index in [1.807, 2.05) is 0 Å². The average molecular weight is 493 g/mol. The van der Waals surface area contributed by atoms with Crippen LogP contribution >= 0.6 is 0 Å². The van der Waals surface area contributed by atoms with Gasteiger partial charge in [0.2, 0.25) is 21.8 Å². The molecule has 3 fully saturated rings. The number of hydrogen-bond donors (Lipinski definition) is 0. The van der Waals surface area contributed by atoms with E-state index in [4.69, 9.17) is 9.47 Å². The number of sulfonamides is 1. The summed E-state index contributed by atoms with van der Waals surface area (Å²) in [5.74, 6) is -0.879. The lowest BCUT2D eigenvalue weighted by Crippen LogP contribution is -2.58. The second-order valence-electron chi connectivity index (χ2n) is 9.56. The van der Waals surface area contributed by atoms with Gasteiger partial charge in [-0.2, -0.15) is 0 Å². The standard InChI is InChI=1S/C23H32N4O6S/c1-24(2)34(30,31)17-6-7-18-20(15-17)27(22(29)19-5-3-4-10-26(18)19)16-21(28)25-11-8-23(9-12-25)32-13-14-33-23/h6-7,15,19H,3-5,8-14,16H2,1-2H3/t19-/m1/s1. The average Bonchev–Trinajstić information content (AvgIpc) is 3.29. The molecule has 5 rings (SSSR count). The van der Waals surface area contributed by atoms with Crippen molar-refractivity contribution in [3.05, 3.63) is 18.2 Å².